The minimum absolute atomic E-state index is 0.277. The molecular weight excluding hydrogens is 466 g/mol. The first-order chi connectivity index (χ1) is 16.8. The largest absolute Gasteiger partial charge is 0.493 e. The van der Waals surface area contributed by atoms with Crippen molar-refractivity contribution in [3.63, 3.8) is 0 Å². The van der Waals surface area contributed by atoms with E-state index < -0.39 is 5.60 Å². The SMILES string of the molecule is COc1ccc(CN2CCC(O)(COc3cc(C)c(Cl)c(C)c3)CC2)cc1OCCn1ccnc1. The average molecular weight is 500 g/mol. The number of imidazole rings is 1. The highest BCUT2D eigenvalue weighted by Crippen LogP contribution is 2.31. The number of hydrogen-bond acceptors (Lipinski definition) is 6. The molecule has 4 rings (SSSR count). The molecule has 1 aliphatic rings. The van der Waals surface area contributed by atoms with Crippen molar-refractivity contribution < 1.29 is 19.3 Å². The van der Waals surface area contributed by atoms with E-state index in [9.17, 15) is 5.11 Å². The third kappa shape index (κ3) is 6.69. The van der Waals surface area contributed by atoms with E-state index in [1.165, 1.54) is 0 Å². The summed E-state index contributed by atoms with van der Waals surface area (Å²) in [4.78, 5) is 6.40. The summed E-state index contributed by atoms with van der Waals surface area (Å²) in [5.74, 6) is 2.21. The predicted molar refractivity (Wildman–Crippen MR) is 137 cm³/mol. The quantitative estimate of drug-likeness (QED) is 0.438. The number of methoxy groups -OCH3 is 1. The zero-order chi connectivity index (χ0) is 24.8. The summed E-state index contributed by atoms with van der Waals surface area (Å²) in [6.07, 6.45) is 6.76. The molecule has 8 heteroatoms. The number of nitrogens with zero attached hydrogens (tertiary/aromatic N) is 3. The molecule has 1 aliphatic heterocycles. The maximum atomic E-state index is 11.1. The van der Waals surface area contributed by atoms with Crippen molar-refractivity contribution in [2.45, 2.75) is 45.4 Å². The van der Waals surface area contributed by atoms with Crippen LogP contribution in [0.3, 0.4) is 0 Å². The summed E-state index contributed by atoms with van der Waals surface area (Å²) in [5, 5.41) is 11.8. The van der Waals surface area contributed by atoms with Crippen LogP contribution in [0.4, 0.5) is 0 Å². The van der Waals surface area contributed by atoms with Crippen LogP contribution in [0.1, 0.15) is 29.5 Å². The molecule has 7 nitrogen and oxygen atoms in total. The van der Waals surface area contributed by atoms with Crippen molar-refractivity contribution in [2.24, 2.45) is 0 Å². The van der Waals surface area contributed by atoms with E-state index in [1.54, 1.807) is 19.6 Å². The van der Waals surface area contributed by atoms with Crippen LogP contribution in [-0.2, 0) is 13.1 Å². The van der Waals surface area contributed by atoms with Crippen molar-refractivity contribution in [1.82, 2.24) is 14.5 Å². The first-order valence-corrected chi connectivity index (χ1v) is 12.3. The lowest BCUT2D eigenvalue weighted by Crippen LogP contribution is -2.47. The number of halogens is 1. The van der Waals surface area contributed by atoms with Crippen LogP contribution in [0.15, 0.2) is 49.1 Å². The molecule has 2 aromatic carbocycles. The summed E-state index contributed by atoms with van der Waals surface area (Å²) in [7, 11) is 1.65. The molecule has 0 saturated carbocycles. The second-order valence-electron chi connectivity index (χ2n) is 9.29. The summed E-state index contributed by atoms with van der Waals surface area (Å²) in [6.45, 7) is 7.82. The molecule has 2 heterocycles. The van der Waals surface area contributed by atoms with Gasteiger partial charge < -0.3 is 23.9 Å². The molecule has 0 amide bonds. The van der Waals surface area contributed by atoms with Crippen molar-refractivity contribution in [3.05, 3.63) is 70.8 Å². The van der Waals surface area contributed by atoms with Gasteiger partial charge in [0.25, 0.3) is 0 Å². The normalized spacial score (nSPS) is 15.7. The van der Waals surface area contributed by atoms with Gasteiger partial charge >= 0.3 is 0 Å². The maximum absolute atomic E-state index is 11.1. The number of aryl methyl sites for hydroxylation is 2. The molecule has 0 spiro atoms. The van der Waals surface area contributed by atoms with Crippen LogP contribution in [0.25, 0.3) is 0 Å². The van der Waals surface area contributed by atoms with E-state index in [0.29, 0.717) is 19.4 Å². The van der Waals surface area contributed by atoms with Crippen LogP contribution in [0.2, 0.25) is 5.02 Å². The fourth-order valence-corrected chi connectivity index (χ4v) is 4.46. The Morgan fingerprint density at radius 3 is 2.46 bits per heavy atom. The van der Waals surface area contributed by atoms with Crippen LogP contribution in [0.5, 0.6) is 17.2 Å². The van der Waals surface area contributed by atoms with E-state index in [2.05, 4.69) is 16.0 Å². The molecule has 3 aromatic rings. The Hall–Kier alpha value is -2.74. The lowest BCUT2D eigenvalue weighted by Gasteiger charge is -2.38. The first kappa shape index (κ1) is 25.4. The van der Waals surface area contributed by atoms with Gasteiger partial charge in [-0.2, -0.15) is 0 Å². The third-order valence-corrected chi connectivity index (χ3v) is 7.10. The molecule has 0 radical (unpaired) electrons. The van der Waals surface area contributed by atoms with Gasteiger partial charge in [-0.3, -0.25) is 4.90 Å². The number of ether oxygens (including phenoxy) is 3. The molecule has 0 atom stereocenters. The van der Waals surface area contributed by atoms with Gasteiger partial charge in [-0.25, -0.2) is 4.98 Å². The molecule has 1 N–H and O–H groups in total. The van der Waals surface area contributed by atoms with Gasteiger partial charge in [-0.05, 0) is 67.6 Å². The number of aromatic nitrogens is 2. The summed E-state index contributed by atoms with van der Waals surface area (Å²) in [5.41, 5.74) is 2.28. The molecular formula is C27H34ClN3O4. The third-order valence-electron chi connectivity index (χ3n) is 6.50. The molecule has 35 heavy (non-hydrogen) atoms. The number of likely N-dealkylation sites (tertiary alicyclic amines) is 1. The number of rotatable bonds is 10. The van der Waals surface area contributed by atoms with E-state index in [4.69, 9.17) is 25.8 Å². The Bertz CT molecular complexity index is 1090. The Morgan fingerprint density at radius 1 is 1.06 bits per heavy atom. The molecule has 0 bridgehead atoms. The molecule has 1 saturated heterocycles. The fourth-order valence-electron chi connectivity index (χ4n) is 4.35. The van der Waals surface area contributed by atoms with Gasteiger partial charge in [0.15, 0.2) is 11.5 Å². The topological polar surface area (TPSA) is 69.0 Å². The monoisotopic (exact) mass is 499 g/mol. The Balaban J connectivity index is 1.29. The van der Waals surface area contributed by atoms with Gasteiger partial charge in [0.05, 0.1) is 20.0 Å². The van der Waals surface area contributed by atoms with Crippen LogP contribution >= 0.6 is 11.6 Å². The van der Waals surface area contributed by atoms with Crippen molar-refractivity contribution >= 4 is 11.6 Å². The summed E-state index contributed by atoms with van der Waals surface area (Å²) < 4.78 is 19.4. The zero-order valence-corrected chi connectivity index (χ0v) is 21.4. The Morgan fingerprint density at radius 2 is 1.80 bits per heavy atom. The highest BCUT2D eigenvalue weighted by Gasteiger charge is 2.33. The standard InChI is InChI=1S/C27H34ClN3O4/c1-20-14-23(15-21(2)26(20)28)35-18-27(32)6-9-30(10-7-27)17-22-4-5-24(33-3)25(16-22)34-13-12-31-11-8-29-19-31/h4-5,8,11,14-16,19,32H,6-7,9-10,12-13,17-18H2,1-3H3. The average Bonchev–Trinajstić information content (AvgIpc) is 3.37. The Kier molecular flexibility index (Phi) is 8.21. The molecule has 1 fully saturated rings. The minimum Gasteiger partial charge on any atom is -0.493 e. The van der Waals surface area contributed by atoms with Crippen molar-refractivity contribution in [3.8, 4) is 17.2 Å². The van der Waals surface area contributed by atoms with Gasteiger partial charge in [0, 0.05) is 37.1 Å². The lowest BCUT2D eigenvalue weighted by atomic mass is 9.92. The lowest BCUT2D eigenvalue weighted by molar-refractivity contribution is -0.0537. The number of benzene rings is 2. The molecule has 188 valence electrons. The summed E-state index contributed by atoms with van der Waals surface area (Å²) >= 11 is 6.25. The van der Waals surface area contributed by atoms with Gasteiger partial charge in [-0.1, -0.05) is 17.7 Å². The van der Waals surface area contributed by atoms with Crippen LogP contribution in [0, 0.1) is 13.8 Å². The zero-order valence-electron chi connectivity index (χ0n) is 20.7. The van der Waals surface area contributed by atoms with Crippen LogP contribution < -0.4 is 14.2 Å². The van der Waals surface area contributed by atoms with E-state index in [-0.39, 0.29) is 6.61 Å². The minimum atomic E-state index is -0.834. The van der Waals surface area contributed by atoms with Crippen molar-refractivity contribution in [1.29, 1.82) is 0 Å². The second-order valence-corrected chi connectivity index (χ2v) is 9.67. The second kappa shape index (κ2) is 11.3. The smallest absolute Gasteiger partial charge is 0.161 e. The molecule has 0 unspecified atom stereocenters. The van der Waals surface area contributed by atoms with E-state index >= 15 is 0 Å². The summed E-state index contributed by atoms with van der Waals surface area (Å²) in [6, 6.07) is 9.91. The first-order valence-electron chi connectivity index (χ1n) is 11.9. The highest BCUT2D eigenvalue weighted by molar-refractivity contribution is 6.32. The van der Waals surface area contributed by atoms with Gasteiger partial charge in [-0.15, -0.1) is 0 Å². The molecule has 0 aliphatic carbocycles. The number of piperidine rings is 1. The van der Waals surface area contributed by atoms with Crippen LogP contribution in [-0.4, -0.2) is 58.6 Å². The van der Waals surface area contributed by atoms with E-state index in [1.807, 2.05) is 48.9 Å². The van der Waals surface area contributed by atoms with E-state index in [0.717, 1.165) is 65.1 Å². The van der Waals surface area contributed by atoms with Gasteiger partial charge in [0.1, 0.15) is 24.6 Å². The number of aliphatic hydroxyl groups is 1. The highest BCUT2D eigenvalue weighted by atomic mass is 35.5. The maximum Gasteiger partial charge on any atom is 0.161 e. The Labute approximate surface area is 212 Å². The fraction of sp³-hybridized carbons (Fsp3) is 0.444. The van der Waals surface area contributed by atoms with Crippen molar-refractivity contribution in [2.75, 3.05) is 33.4 Å². The van der Waals surface area contributed by atoms with Gasteiger partial charge in [0.2, 0.25) is 0 Å². The predicted octanol–water partition coefficient (Wildman–Crippen LogP) is 4.65. The number of hydrogen-bond donors (Lipinski definition) is 1. The molecule has 1 aromatic heterocycles.